The molecule has 0 saturated heterocycles. The summed E-state index contributed by atoms with van der Waals surface area (Å²) in [5.74, 6) is 15.8. The number of rotatable bonds is 4. The van der Waals surface area contributed by atoms with Gasteiger partial charge in [0.15, 0.2) is 22.8 Å². The summed E-state index contributed by atoms with van der Waals surface area (Å²) >= 11 is 20.6. The van der Waals surface area contributed by atoms with Crippen molar-refractivity contribution in [1.82, 2.24) is 37.4 Å². The highest BCUT2D eigenvalue weighted by molar-refractivity contribution is 7.17. The first kappa shape index (κ1) is 60.7. The molecule has 0 atom stereocenters. The number of hydrogen-bond donors (Lipinski definition) is 0. The van der Waals surface area contributed by atoms with E-state index in [1.54, 1.807) is 49.5 Å². The number of thiophene rings is 1. The highest BCUT2D eigenvalue weighted by atomic mass is 35.5. The third kappa shape index (κ3) is 12.3. The molecule has 7 aromatic carbocycles. The van der Waals surface area contributed by atoms with Crippen molar-refractivity contribution in [3.63, 3.8) is 0 Å². The van der Waals surface area contributed by atoms with Gasteiger partial charge in [-0.05, 0) is 135 Å². The molecule has 0 saturated carbocycles. The Morgan fingerprint density at radius 1 is 0.477 bits per heavy atom. The zero-order valence-corrected chi connectivity index (χ0v) is 50.2. The molecule has 5 heterocycles. The Morgan fingerprint density at radius 2 is 0.886 bits per heavy atom. The van der Waals surface area contributed by atoms with Crippen molar-refractivity contribution in [2.45, 2.75) is 26.8 Å². The Labute approximate surface area is 518 Å². The molecule has 88 heavy (non-hydrogen) atoms. The van der Waals surface area contributed by atoms with E-state index >= 15 is 0 Å². The van der Waals surface area contributed by atoms with Gasteiger partial charge in [-0.1, -0.05) is 125 Å². The van der Waals surface area contributed by atoms with Gasteiger partial charge >= 0.3 is 17.1 Å². The van der Waals surface area contributed by atoms with E-state index < -0.39 is 45.3 Å². The quantitative estimate of drug-likeness (QED) is 0.158. The molecule has 0 aliphatic carbocycles. The van der Waals surface area contributed by atoms with Crippen LogP contribution < -0.4 is 33.7 Å². The minimum atomic E-state index is -1.26. The lowest BCUT2D eigenvalue weighted by Crippen LogP contribution is -2.40. The van der Waals surface area contributed by atoms with Crippen molar-refractivity contribution in [2.24, 2.45) is 14.1 Å². The van der Waals surface area contributed by atoms with Crippen LogP contribution in [0, 0.1) is 54.1 Å². The fraction of sp³-hybridized carbons (Fsp3) is 0.0882. The summed E-state index contributed by atoms with van der Waals surface area (Å²) in [5, 5.41) is 2.40. The molecule has 0 amide bonds. The summed E-state index contributed by atoms with van der Waals surface area (Å²) in [6.45, 7) is 5.57. The average molecular weight is 1250 g/mol. The number of nitrogens with zero attached hydrogens (tertiary/aromatic N) is 8. The summed E-state index contributed by atoms with van der Waals surface area (Å²) in [4.78, 5) is 86.0. The summed E-state index contributed by atoms with van der Waals surface area (Å²) in [5.41, 5.74) is 3.33. The van der Waals surface area contributed by atoms with E-state index in [2.05, 4.69) is 45.5 Å². The maximum absolute atomic E-state index is 14.2. The van der Waals surface area contributed by atoms with Crippen LogP contribution >= 0.6 is 46.1 Å². The minimum Gasteiger partial charge on any atom is -0.295 e. The number of benzene rings is 7. The topological polar surface area (TPSA) is 158 Å². The average Bonchev–Trinajstić information content (AvgIpc) is 2.89. The van der Waals surface area contributed by atoms with Crippen LogP contribution in [0.5, 0.6) is 0 Å². The van der Waals surface area contributed by atoms with Crippen molar-refractivity contribution < 1.29 is 8.78 Å². The molecule has 434 valence electrons. The van der Waals surface area contributed by atoms with Crippen molar-refractivity contribution in [3.8, 4) is 52.6 Å². The summed E-state index contributed by atoms with van der Waals surface area (Å²) in [7, 11) is 2.92. The number of aromatic nitrogens is 8. The van der Waals surface area contributed by atoms with Gasteiger partial charge in [-0.15, -0.1) is 11.3 Å². The van der Waals surface area contributed by atoms with Crippen LogP contribution in [-0.2, 0) is 14.1 Å². The van der Waals surface area contributed by atoms with E-state index in [0.29, 0.717) is 37.6 Å². The maximum atomic E-state index is 14.2. The molecule has 14 nitrogen and oxygen atoms in total. The first-order valence-corrected chi connectivity index (χ1v) is 28.7. The van der Waals surface area contributed by atoms with Gasteiger partial charge in [-0.2, -0.15) is 0 Å². The smallest absolute Gasteiger partial charge is 0.295 e. The summed E-state index contributed by atoms with van der Waals surface area (Å²) in [6, 6.07) is 45.0. The lowest BCUT2D eigenvalue weighted by Gasteiger charge is -2.16. The van der Waals surface area contributed by atoms with Gasteiger partial charge in [0.05, 0.1) is 48.5 Å². The predicted octanol–water partition coefficient (Wildman–Crippen LogP) is 11.7. The van der Waals surface area contributed by atoms with Crippen LogP contribution in [-0.4, -0.2) is 37.4 Å². The van der Waals surface area contributed by atoms with Gasteiger partial charge in [0.2, 0.25) is 0 Å². The molecule has 0 N–H and O–H groups in total. The highest BCUT2D eigenvalue weighted by Gasteiger charge is 2.22. The molecule has 0 aliphatic heterocycles. The zero-order chi connectivity index (χ0) is 62.5. The van der Waals surface area contributed by atoms with Crippen molar-refractivity contribution in [3.05, 3.63) is 304 Å². The number of fused-ring (bicyclic) bond motifs is 3. The Morgan fingerprint density at radius 3 is 1.33 bits per heavy atom. The molecule has 20 heteroatoms. The molecule has 0 bridgehead atoms. The second kappa shape index (κ2) is 26.0. The van der Waals surface area contributed by atoms with Gasteiger partial charge in [0.25, 0.3) is 16.7 Å². The predicted molar refractivity (Wildman–Crippen MR) is 344 cm³/mol. The standard InChI is InChI=1S/C23H13ClF2N2O2.C23H17ClN4O2.C22H15ClN2O2S/c1-27-21-16(10-11-18(25)20(21)26)22(29)28(23(27)30)19-12-9-15(13-17(19)24)8-7-14-5-3-2-4-6-14;1-15(2)27-21-20(25-12-13-26-21)22(29)28(23(27)30)19-11-10-17(14-18(19)24)9-8-16-6-4-3-5-7-16;1-14-13-28-20-19(14)24(2)22(27)25(21(20)26)18-11-10-16(12-17(18)23)9-8-15-6-4-3-5-7-15/h2-6,9-13H,1H3;3-7,10-15H,1-2H3;3-7,10-13H,1-2H3. The molecule has 0 radical (unpaired) electrons. The highest BCUT2D eigenvalue weighted by Crippen LogP contribution is 2.26. The lowest BCUT2D eigenvalue weighted by atomic mass is 10.1. The molecular weight excluding hydrogens is 1200 g/mol. The Balaban J connectivity index is 0.000000146. The number of halogens is 5. The van der Waals surface area contributed by atoms with Crippen molar-refractivity contribution >= 4 is 78.4 Å². The largest absolute Gasteiger partial charge is 0.337 e. The van der Waals surface area contributed by atoms with E-state index in [9.17, 15) is 37.5 Å². The molecule has 5 aromatic heterocycles. The molecule has 0 unspecified atom stereocenters. The van der Waals surface area contributed by atoms with Gasteiger partial charge < -0.3 is 0 Å². The Hall–Kier alpha value is -10.5. The van der Waals surface area contributed by atoms with E-state index in [1.165, 1.54) is 52.0 Å². The molecule has 12 aromatic rings. The van der Waals surface area contributed by atoms with E-state index in [4.69, 9.17) is 34.8 Å². The van der Waals surface area contributed by atoms with Crippen LogP contribution in [0.4, 0.5) is 8.78 Å². The second-order valence-corrected chi connectivity index (χ2v) is 21.9. The van der Waals surface area contributed by atoms with E-state index in [-0.39, 0.29) is 49.6 Å². The molecule has 0 spiro atoms. The molecule has 12 rings (SSSR count). The van der Waals surface area contributed by atoms with Gasteiger partial charge in [0, 0.05) is 65.9 Å². The van der Waals surface area contributed by atoms with Crippen LogP contribution in [0.25, 0.3) is 49.3 Å². The number of hydrogen-bond acceptors (Lipinski definition) is 9. The number of aryl methyl sites for hydroxylation is 3. The van der Waals surface area contributed by atoms with Gasteiger partial charge in [-0.25, -0.2) is 46.8 Å². The fourth-order valence-corrected chi connectivity index (χ4v) is 11.2. The van der Waals surface area contributed by atoms with Crippen LogP contribution in [0.15, 0.2) is 204 Å². The molecule has 0 fully saturated rings. The first-order valence-electron chi connectivity index (χ1n) is 26.7. The van der Waals surface area contributed by atoms with Crippen LogP contribution in [0.1, 0.15) is 58.8 Å². The summed E-state index contributed by atoms with van der Waals surface area (Å²) in [6.07, 6.45) is 2.88. The van der Waals surface area contributed by atoms with Crippen molar-refractivity contribution in [2.75, 3.05) is 0 Å². The van der Waals surface area contributed by atoms with Gasteiger partial charge in [0.1, 0.15) is 4.70 Å². The van der Waals surface area contributed by atoms with Crippen molar-refractivity contribution in [1.29, 1.82) is 0 Å². The normalized spacial score (nSPS) is 10.7. The van der Waals surface area contributed by atoms with E-state index in [0.717, 1.165) is 52.7 Å². The monoisotopic (exact) mass is 1240 g/mol. The SMILES string of the molecule is CC(C)n1c(=O)n(-c2ccc(C#Cc3ccccc3)cc2Cl)c(=O)c2nccnc21.Cc1csc2c(=O)n(-c3ccc(C#Cc4ccccc4)cc3Cl)c(=O)n(C)c12.Cn1c(=O)n(-c2ccc(C#Cc3ccccc3)cc2Cl)c(=O)c2ccc(F)c(F)c21. The zero-order valence-electron chi connectivity index (χ0n) is 47.1. The second-order valence-electron chi connectivity index (χ2n) is 19.8. The Bertz CT molecular complexity index is 5360. The van der Waals surface area contributed by atoms with E-state index in [1.807, 2.05) is 117 Å². The third-order valence-corrected chi connectivity index (χ3v) is 15.6. The first-order chi connectivity index (χ1) is 42.3. The minimum absolute atomic E-state index is 0.106. The Kier molecular flexibility index (Phi) is 17.9. The maximum Gasteiger partial charge on any atom is 0.337 e. The van der Waals surface area contributed by atoms with Crippen LogP contribution in [0.2, 0.25) is 15.1 Å². The fourth-order valence-electron chi connectivity index (χ4n) is 9.38. The lowest BCUT2D eigenvalue weighted by molar-refractivity contribution is 0.511. The van der Waals surface area contributed by atoms with Gasteiger partial charge in [-0.3, -0.25) is 28.1 Å². The molecular formula is C68H45Cl3F2N8O6S. The third-order valence-electron chi connectivity index (χ3n) is 13.6. The van der Waals surface area contributed by atoms with Crippen LogP contribution in [0.3, 0.4) is 0 Å². The summed E-state index contributed by atoms with van der Waals surface area (Å²) < 4.78 is 35.1. The molecule has 0 aliphatic rings.